The summed E-state index contributed by atoms with van der Waals surface area (Å²) in [7, 11) is 0. The summed E-state index contributed by atoms with van der Waals surface area (Å²) >= 11 is 0. The molecule has 0 heterocycles. The van der Waals surface area contributed by atoms with Gasteiger partial charge in [0.15, 0.2) is 12.4 Å². The summed E-state index contributed by atoms with van der Waals surface area (Å²) in [6.45, 7) is 7.47. The molecule has 0 aromatic heterocycles. The normalized spacial score (nSPS) is 11.0. The molecule has 2 rings (SSSR count). The Morgan fingerprint density at radius 2 is 1.52 bits per heavy atom. The van der Waals surface area contributed by atoms with E-state index in [1.807, 2.05) is 12.1 Å². The summed E-state index contributed by atoms with van der Waals surface area (Å²) in [5.41, 5.74) is 3.09. The highest BCUT2D eigenvalue weighted by Gasteiger charge is 2.15. The number of amides is 1. The molecule has 0 saturated carbocycles. The number of hydrogen-bond acceptors (Lipinski definition) is 4. The molecule has 0 fully saturated rings. The summed E-state index contributed by atoms with van der Waals surface area (Å²) < 4.78 is 5.10. The second-order valence-electron chi connectivity index (χ2n) is 7.47. The van der Waals surface area contributed by atoms with Crippen LogP contribution in [0.25, 0.3) is 0 Å². The van der Waals surface area contributed by atoms with Crippen LogP contribution in [0.15, 0.2) is 48.5 Å². The lowest BCUT2D eigenvalue weighted by atomic mass is 9.86. The number of nitrogens with one attached hydrogen (secondary N) is 1. The van der Waals surface area contributed by atoms with Gasteiger partial charge in [0.1, 0.15) is 0 Å². The average molecular weight is 367 g/mol. The van der Waals surface area contributed by atoms with Gasteiger partial charge in [0.05, 0.1) is 6.42 Å². The largest absolute Gasteiger partial charge is 0.457 e. The molecule has 2 aromatic carbocycles. The van der Waals surface area contributed by atoms with Crippen molar-refractivity contribution in [1.29, 1.82) is 0 Å². The first-order chi connectivity index (χ1) is 12.6. The molecule has 5 heteroatoms. The van der Waals surface area contributed by atoms with Gasteiger partial charge in [0, 0.05) is 18.2 Å². The Morgan fingerprint density at radius 1 is 0.926 bits per heavy atom. The molecule has 142 valence electrons. The van der Waals surface area contributed by atoms with Crippen LogP contribution in [0, 0.1) is 0 Å². The third-order valence-electron chi connectivity index (χ3n) is 4.06. The molecule has 0 radical (unpaired) electrons. The zero-order chi connectivity index (χ0) is 20.0. The zero-order valence-corrected chi connectivity index (χ0v) is 16.2. The predicted molar refractivity (Wildman–Crippen MR) is 105 cm³/mol. The molecule has 27 heavy (non-hydrogen) atoms. The van der Waals surface area contributed by atoms with Crippen molar-refractivity contribution in [2.45, 2.75) is 39.5 Å². The standard InChI is InChI=1S/C22H25NO4/c1-15(24)23-19-11-5-16(6-12-19)13-21(26)27-14-20(25)17-7-9-18(10-8-17)22(2,3)4/h5-12H,13-14H2,1-4H3,(H,23,24). The monoisotopic (exact) mass is 367 g/mol. The molecule has 0 atom stereocenters. The molecule has 0 unspecified atom stereocenters. The Hall–Kier alpha value is -2.95. The lowest BCUT2D eigenvalue weighted by Gasteiger charge is -2.18. The van der Waals surface area contributed by atoms with Gasteiger partial charge < -0.3 is 10.1 Å². The van der Waals surface area contributed by atoms with Gasteiger partial charge in [-0.05, 0) is 28.7 Å². The highest BCUT2D eigenvalue weighted by atomic mass is 16.5. The summed E-state index contributed by atoms with van der Waals surface area (Å²) in [5, 5.41) is 2.66. The number of hydrogen-bond donors (Lipinski definition) is 1. The lowest BCUT2D eigenvalue weighted by molar-refractivity contribution is -0.141. The summed E-state index contributed by atoms with van der Waals surface area (Å²) in [4.78, 5) is 35.1. The SMILES string of the molecule is CC(=O)Nc1ccc(CC(=O)OCC(=O)c2ccc(C(C)(C)C)cc2)cc1. The van der Waals surface area contributed by atoms with Crippen LogP contribution in [0.5, 0.6) is 0 Å². The van der Waals surface area contributed by atoms with Crippen molar-refractivity contribution in [2.75, 3.05) is 11.9 Å². The first-order valence-corrected chi connectivity index (χ1v) is 8.81. The lowest BCUT2D eigenvalue weighted by Crippen LogP contribution is -2.16. The first-order valence-electron chi connectivity index (χ1n) is 8.81. The maximum Gasteiger partial charge on any atom is 0.310 e. The maximum absolute atomic E-state index is 12.2. The second-order valence-corrected chi connectivity index (χ2v) is 7.47. The van der Waals surface area contributed by atoms with E-state index in [-0.39, 0.29) is 30.1 Å². The molecule has 1 amide bonds. The smallest absolute Gasteiger partial charge is 0.310 e. The van der Waals surface area contributed by atoms with Gasteiger partial charge >= 0.3 is 5.97 Å². The summed E-state index contributed by atoms with van der Waals surface area (Å²) in [6.07, 6.45) is 0.0661. The van der Waals surface area contributed by atoms with Crippen LogP contribution >= 0.6 is 0 Å². The van der Waals surface area contributed by atoms with E-state index in [4.69, 9.17) is 4.74 Å². The van der Waals surface area contributed by atoms with E-state index >= 15 is 0 Å². The van der Waals surface area contributed by atoms with E-state index in [2.05, 4.69) is 26.1 Å². The van der Waals surface area contributed by atoms with Gasteiger partial charge in [0.25, 0.3) is 0 Å². The molecule has 5 nitrogen and oxygen atoms in total. The summed E-state index contributed by atoms with van der Waals surface area (Å²) in [5.74, 6) is -0.858. The zero-order valence-electron chi connectivity index (χ0n) is 16.2. The molecule has 0 aliphatic carbocycles. The van der Waals surface area contributed by atoms with Gasteiger partial charge in [-0.15, -0.1) is 0 Å². The van der Waals surface area contributed by atoms with Crippen molar-refractivity contribution in [3.8, 4) is 0 Å². The number of carbonyl (C=O) groups excluding carboxylic acids is 3. The molecule has 0 spiro atoms. The third kappa shape index (κ3) is 6.37. The Labute approximate surface area is 159 Å². The predicted octanol–water partition coefficient (Wildman–Crippen LogP) is 3.91. The number of benzene rings is 2. The topological polar surface area (TPSA) is 72.5 Å². The molecular formula is C22H25NO4. The molecule has 0 saturated heterocycles. The van der Waals surface area contributed by atoms with Crippen molar-refractivity contribution in [2.24, 2.45) is 0 Å². The number of Topliss-reactive ketones (excluding diaryl/α,β-unsaturated/α-hetero) is 1. The molecule has 0 bridgehead atoms. The van der Waals surface area contributed by atoms with Crippen LogP contribution in [-0.4, -0.2) is 24.3 Å². The number of esters is 1. The quantitative estimate of drug-likeness (QED) is 0.621. The van der Waals surface area contributed by atoms with E-state index in [1.165, 1.54) is 6.92 Å². The van der Waals surface area contributed by atoms with Crippen molar-refractivity contribution in [3.63, 3.8) is 0 Å². The van der Waals surface area contributed by atoms with Gasteiger partial charge in [-0.1, -0.05) is 57.2 Å². The van der Waals surface area contributed by atoms with Crippen LogP contribution in [0.4, 0.5) is 5.69 Å². The average Bonchev–Trinajstić information content (AvgIpc) is 2.60. The minimum atomic E-state index is -0.470. The Balaban J connectivity index is 1.86. The Kier molecular flexibility index (Phi) is 6.50. The first kappa shape index (κ1) is 20.4. The second kappa shape index (κ2) is 8.62. The molecule has 0 aliphatic rings. The fraction of sp³-hybridized carbons (Fsp3) is 0.318. The number of carbonyl (C=O) groups is 3. The van der Waals surface area contributed by atoms with Crippen LogP contribution in [-0.2, 0) is 26.2 Å². The molecular weight excluding hydrogens is 342 g/mol. The Bertz CT molecular complexity index is 815. The van der Waals surface area contributed by atoms with Crippen LogP contribution in [0.1, 0.15) is 49.2 Å². The van der Waals surface area contributed by atoms with Crippen LogP contribution < -0.4 is 5.32 Å². The van der Waals surface area contributed by atoms with Crippen molar-refractivity contribution in [1.82, 2.24) is 0 Å². The van der Waals surface area contributed by atoms with Gasteiger partial charge in [-0.2, -0.15) is 0 Å². The summed E-state index contributed by atoms with van der Waals surface area (Å²) in [6, 6.07) is 14.3. The van der Waals surface area contributed by atoms with E-state index in [1.54, 1.807) is 36.4 Å². The molecule has 0 aliphatic heterocycles. The van der Waals surface area contributed by atoms with Gasteiger partial charge in [0.2, 0.25) is 5.91 Å². The molecule has 1 N–H and O–H groups in total. The third-order valence-corrected chi connectivity index (χ3v) is 4.06. The van der Waals surface area contributed by atoms with E-state index < -0.39 is 5.97 Å². The fourth-order valence-electron chi connectivity index (χ4n) is 2.51. The van der Waals surface area contributed by atoms with E-state index in [0.717, 1.165) is 11.1 Å². The number of anilines is 1. The highest BCUT2D eigenvalue weighted by molar-refractivity contribution is 5.98. The van der Waals surface area contributed by atoms with E-state index in [9.17, 15) is 14.4 Å². The fourth-order valence-corrected chi connectivity index (χ4v) is 2.51. The minimum Gasteiger partial charge on any atom is -0.457 e. The number of rotatable bonds is 6. The van der Waals surface area contributed by atoms with Crippen molar-refractivity contribution >= 4 is 23.3 Å². The van der Waals surface area contributed by atoms with Gasteiger partial charge in [-0.3, -0.25) is 14.4 Å². The highest BCUT2D eigenvalue weighted by Crippen LogP contribution is 2.22. The van der Waals surface area contributed by atoms with Crippen molar-refractivity contribution < 1.29 is 19.1 Å². The molecule has 2 aromatic rings. The van der Waals surface area contributed by atoms with E-state index in [0.29, 0.717) is 11.3 Å². The van der Waals surface area contributed by atoms with Gasteiger partial charge in [-0.25, -0.2) is 0 Å². The maximum atomic E-state index is 12.2. The van der Waals surface area contributed by atoms with Crippen LogP contribution in [0.3, 0.4) is 0 Å². The van der Waals surface area contributed by atoms with Crippen LogP contribution in [0.2, 0.25) is 0 Å². The minimum absolute atomic E-state index is 0.0174. The number of ether oxygens (including phenoxy) is 1. The number of ketones is 1. The Morgan fingerprint density at radius 3 is 2.04 bits per heavy atom. The van der Waals surface area contributed by atoms with Crippen molar-refractivity contribution in [3.05, 3.63) is 65.2 Å².